The van der Waals surface area contributed by atoms with Crippen LogP contribution in [0.3, 0.4) is 0 Å². The topological polar surface area (TPSA) is 94.1 Å². The fraction of sp³-hybridized carbons (Fsp3) is 0.381. The van der Waals surface area contributed by atoms with Gasteiger partial charge in [0.25, 0.3) is 5.91 Å². The average Bonchev–Trinajstić information content (AvgIpc) is 3.07. The first-order valence-electron chi connectivity index (χ1n) is 9.70. The molecule has 0 radical (unpaired) electrons. The molecule has 2 aromatic heterocycles. The summed E-state index contributed by atoms with van der Waals surface area (Å²) in [6.45, 7) is 5.61. The molecule has 0 bridgehead atoms. The molecule has 0 unspecified atom stereocenters. The monoisotopic (exact) mass is 377 g/mol. The van der Waals surface area contributed by atoms with Crippen LogP contribution in [-0.2, 0) is 0 Å². The lowest BCUT2D eigenvalue weighted by molar-refractivity contribution is -0.0112. The first-order valence-corrected chi connectivity index (χ1v) is 9.70. The zero-order valence-electron chi connectivity index (χ0n) is 15.8. The van der Waals surface area contributed by atoms with E-state index in [4.69, 9.17) is 0 Å². The first-order chi connectivity index (χ1) is 13.5. The number of carbonyl (C=O) groups excluding carboxylic acids is 1. The maximum atomic E-state index is 13.4. The van der Waals surface area contributed by atoms with Gasteiger partial charge in [-0.2, -0.15) is 5.10 Å². The van der Waals surface area contributed by atoms with Crippen LogP contribution in [-0.4, -0.2) is 57.3 Å². The van der Waals surface area contributed by atoms with Gasteiger partial charge in [0, 0.05) is 24.1 Å². The second-order valence-electron chi connectivity index (χ2n) is 8.05. The summed E-state index contributed by atoms with van der Waals surface area (Å²) in [7, 11) is 0. The van der Waals surface area contributed by atoms with Crippen molar-refractivity contribution in [3.63, 3.8) is 0 Å². The van der Waals surface area contributed by atoms with E-state index in [2.05, 4.69) is 20.5 Å². The Morgan fingerprint density at radius 1 is 1.18 bits per heavy atom. The van der Waals surface area contributed by atoms with Gasteiger partial charge in [0.1, 0.15) is 5.75 Å². The van der Waals surface area contributed by atoms with Gasteiger partial charge in [-0.15, -0.1) is 0 Å². The van der Waals surface area contributed by atoms with Gasteiger partial charge in [-0.1, -0.05) is 0 Å². The van der Waals surface area contributed by atoms with Gasteiger partial charge in [0.05, 0.1) is 22.3 Å². The number of hydrogen-bond acceptors (Lipinski definition) is 5. The van der Waals surface area contributed by atoms with Gasteiger partial charge >= 0.3 is 0 Å². The van der Waals surface area contributed by atoms with E-state index >= 15 is 0 Å². The maximum absolute atomic E-state index is 13.4. The van der Waals surface area contributed by atoms with E-state index in [9.17, 15) is 9.90 Å². The summed E-state index contributed by atoms with van der Waals surface area (Å²) in [6.07, 6.45) is 2.26. The Labute approximate surface area is 162 Å². The molecule has 2 aliphatic rings. The zero-order valence-corrected chi connectivity index (χ0v) is 15.8. The highest BCUT2D eigenvalue weighted by Gasteiger charge is 2.45. The Bertz CT molecular complexity index is 1040. The molecule has 0 saturated carbocycles. The second kappa shape index (κ2) is 6.31. The number of fused-ring (bicyclic) bond motifs is 1. The number of nitrogens with zero attached hydrogens (tertiary/aromatic N) is 3. The third-order valence-electron chi connectivity index (χ3n) is 6.11. The van der Waals surface area contributed by atoms with Crippen molar-refractivity contribution in [2.75, 3.05) is 26.2 Å². The first kappa shape index (κ1) is 17.2. The summed E-state index contributed by atoms with van der Waals surface area (Å²) in [5.41, 5.74) is 3.86. The molecule has 3 aromatic rings. The normalized spacial score (nSPS) is 18.4. The minimum absolute atomic E-state index is 0.0427. The number of likely N-dealkylation sites (tertiary alicyclic amines) is 1. The molecule has 3 N–H and O–H groups in total. The number of aromatic amines is 1. The fourth-order valence-corrected chi connectivity index (χ4v) is 4.48. The molecule has 7 nitrogen and oxygen atoms in total. The maximum Gasteiger partial charge on any atom is 0.254 e. The summed E-state index contributed by atoms with van der Waals surface area (Å²) in [5.74, 6) is 0.243. The molecule has 1 amide bonds. The molecule has 7 heteroatoms. The Kier molecular flexibility index (Phi) is 3.87. The number of rotatable bonds is 2. The van der Waals surface area contributed by atoms with Crippen molar-refractivity contribution in [2.24, 2.45) is 5.41 Å². The smallest absolute Gasteiger partial charge is 0.254 e. The highest BCUT2D eigenvalue weighted by Crippen LogP contribution is 2.40. The molecular weight excluding hydrogens is 354 g/mol. The van der Waals surface area contributed by atoms with Crippen LogP contribution in [0.5, 0.6) is 5.75 Å². The van der Waals surface area contributed by atoms with Crippen molar-refractivity contribution >= 4 is 16.9 Å². The molecule has 4 heterocycles. The molecule has 2 fully saturated rings. The number of phenolic OH excluding ortho intramolecular Hbond substituents is 1. The highest BCUT2D eigenvalue weighted by atomic mass is 16.3. The lowest BCUT2D eigenvalue weighted by atomic mass is 9.72. The summed E-state index contributed by atoms with van der Waals surface area (Å²) < 4.78 is 0. The van der Waals surface area contributed by atoms with Crippen LogP contribution in [0.25, 0.3) is 22.3 Å². The van der Waals surface area contributed by atoms with Crippen molar-refractivity contribution in [1.29, 1.82) is 0 Å². The molecule has 1 aromatic carbocycles. The standard InChI is InChI=1S/C21H23N5O2/c1-13-18-16(20(28)26-11-21(12-26)6-8-22-9-7-21)10-17(23-19(18)25-24-13)14-2-4-15(27)5-3-14/h2-5,10,22,27H,6-9,11-12H2,1H3,(H,23,24,25). The van der Waals surface area contributed by atoms with Crippen LogP contribution in [0.15, 0.2) is 30.3 Å². The van der Waals surface area contributed by atoms with Crippen LogP contribution >= 0.6 is 0 Å². The van der Waals surface area contributed by atoms with Crippen molar-refractivity contribution in [1.82, 2.24) is 25.4 Å². The molecule has 144 valence electrons. The van der Waals surface area contributed by atoms with Gasteiger partial charge in [0.2, 0.25) is 0 Å². The average molecular weight is 377 g/mol. The Balaban J connectivity index is 1.51. The third-order valence-corrected chi connectivity index (χ3v) is 6.11. The number of aromatic nitrogens is 3. The number of amides is 1. The lowest BCUT2D eigenvalue weighted by Crippen LogP contribution is -2.61. The minimum atomic E-state index is 0.0427. The van der Waals surface area contributed by atoms with E-state index in [-0.39, 0.29) is 17.1 Å². The molecule has 0 aliphatic carbocycles. The van der Waals surface area contributed by atoms with E-state index in [1.54, 1.807) is 24.3 Å². The van der Waals surface area contributed by atoms with Crippen molar-refractivity contribution in [3.8, 4) is 17.0 Å². The molecule has 5 rings (SSSR count). The highest BCUT2D eigenvalue weighted by molar-refractivity contribution is 6.07. The third kappa shape index (κ3) is 2.74. The van der Waals surface area contributed by atoms with Crippen molar-refractivity contribution < 1.29 is 9.90 Å². The molecule has 2 saturated heterocycles. The summed E-state index contributed by atoms with van der Waals surface area (Å²) in [5, 5.41) is 21.0. The summed E-state index contributed by atoms with van der Waals surface area (Å²) >= 11 is 0. The van der Waals surface area contributed by atoms with Crippen molar-refractivity contribution in [2.45, 2.75) is 19.8 Å². The van der Waals surface area contributed by atoms with Crippen LogP contribution in [0.2, 0.25) is 0 Å². The van der Waals surface area contributed by atoms with Crippen LogP contribution in [0, 0.1) is 12.3 Å². The zero-order chi connectivity index (χ0) is 19.3. The number of nitrogens with one attached hydrogen (secondary N) is 2. The molecule has 28 heavy (non-hydrogen) atoms. The predicted octanol–water partition coefficient (Wildman–Crippen LogP) is 2.46. The number of phenols is 1. The Morgan fingerprint density at radius 3 is 2.61 bits per heavy atom. The van der Waals surface area contributed by atoms with E-state index in [0.717, 1.165) is 55.7 Å². The van der Waals surface area contributed by atoms with Crippen molar-refractivity contribution in [3.05, 3.63) is 41.6 Å². The number of aromatic hydroxyl groups is 1. The number of piperidine rings is 1. The number of H-pyrrole nitrogens is 1. The van der Waals surface area contributed by atoms with Gasteiger partial charge in [0.15, 0.2) is 5.65 Å². The van der Waals surface area contributed by atoms with Crippen LogP contribution < -0.4 is 5.32 Å². The van der Waals surface area contributed by atoms with Gasteiger partial charge in [-0.3, -0.25) is 9.89 Å². The van der Waals surface area contributed by atoms with E-state index in [0.29, 0.717) is 16.9 Å². The second-order valence-corrected chi connectivity index (χ2v) is 8.05. The molecule has 1 spiro atoms. The summed E-state index contributed by atoms with van der Waals surface area (Å²) in [4.78, 5) is 20.0. The number of aryl methyl sites for hydroxylation is 1. The SMILES string of the molecule is Cc1n[nH]c2nc(-c3ccc(O)cc3)cc(C(=O)N3CC4(CCNCC4)C3)c12. The van der Waals surface area contributed by atoms with E-state index in [1.165, 1.54) is 0 Å². The van der Waals surface area contributed by atoms with Crippen LogP contribution in [0.4, 0.5) is 0 Å². The predicted molar refractivity (Wildman–Crippen MR) is 106 cm³/mol. The summed E-state index contributed by atoms with van der Waals surface area (Å²) in [6, 6.07) is 8.70. The van der Waals surface area contributed by atoms with Gasteiger partial charge in [-0.05, 0) is 63.2 Å². The molecule has 0 atom stereocenters. The fourth-order valence-electron chi connectivity index (χ4n) is 4.48. The Morgan fingerprint density at radius 2 is 1.89 bits per heavy atom. The van der Waals surface area contributed by atoms with Crippen LogP contribution in [0.1, 0.15) is 28.9 Å². The van der Waals surface area contributed by atoms with E-state index in [1.807, 2.05) is 17.9 Å². The number of pyridine rings is 1. The van der Waals surface area contributed by atoms with E-state index < -0.39 is 0 Å². The minimum Gasteiger partial charge on any atom is -0.508 e. The number of hydrogen-bond donors (Lipinski definition) is 3. The lowest BCUT2D eigenvalue weighted by Gasteiger charge is -2.52. The molecule has 2 aliphatic heterocycles. The number of carbonyl (C=O) groups is 1. The van der Waals surface area contributed by atoms with Gasteiger partial charge in [-0.25, -0.2) is 4.98 Å². The Hall–Kier alpha value is -2.93. The number of benzene rings is 1. The quantitative estimate of drug-likeness (QED) is 0.638. The molecular formula is C21H23N5O2. The largest absolute Gasteiger partial charge is 0.508 e. The van der Waals surface area contributed by atoms with Gasteiger partial charge < -0.3 is 15.3 Å².